The first-order chi connectivity index (χ1) is 7.89. The van der Waals surface area contributed by atoms with Crippen molar-refractivity contribution in [3.63, 3.8) is 0 Å². The highest BCUT2D eigenvalue weighted by atomic mass is 35.5. The van der Waals surface area contributed by atoms with Crippen molar-refractivity contribution >= 4 is 27.3 Å². The van der Waals surface area contributed by atoms with Crippen LogP contribution in [0.2, 0.25) is 5.15 Å². The standard InChI is InChI=1S/C9H15ClN4O2S/c1-17(15,16)13-4-2-7(3-5-13)14-9(10)8(11)6-12-14/h6-7H,2-5,11H2,1H3. The predicted molar refractivity (Wildman–Crippen MR) is 66.3 cm³/mol. The Kier molecular flexibility index (Phi) is 3.33. The fraction of sp³-hybridized carbons (Fsp3) is 0.667. The van der Waals surface area contributed by atoms with Crippen LogP contribution in [0.1, 0.15) is 18.9 Å². The van der Waals surface area contributed by atoms with Crippen LogP contribution in [0.25, 0.3) is 0 Å². The molecule has 0 aromatic carbocycles. The number of aromatic nitrogens is 2. The number of halogens is 1. The average Bonchev–Trinajstić information content (AvgIpc) is 2.59. The van der Waals surface area contributed by atoms with Gasteiger partial charge in [-0.3, -0.25) is 0 Å². The van der Waals surface area contributed by atoms with Crippen LogP contribution < -0.4 is 5.73 Å². The summed E-state index contributed by atoms with van der Waals surface area (Å²) in [6.07, 6.45) is 4.15. The molecule has 0 saturated carbocycles. The first kappa shape index (κ1) is 12.7. The monoisotopic (exact) mass is 278 g/mol. The Bertz CT molecular complexity index is 505. The van der Waals surface area contributed by atoms with Gasteiger partial charge in [-0.25, -0.2) is 17.4 Å². The smallest absolute Gasteiger partial charge is 0.211 e. The lowest BCUT2D eigenvalue weighted by molar-refractivity contribution is 0.262. The van der Waals surface area contributed by atoms with E-state index in [1.807, 2.05) is 0 Å². The highest BCUT2D eigenvalue weighted by molar-refractivity contribution is 7.88. The molecule has 0 spiro atoms. The van der Waals surface area contributed by atoms with Crippen LogP contribution in [-0.4, -0.2) is 41.8 Å². The summed E-state index contributed by atoms with van der Waals surface area (Å²) in [4.78, 5) is 0. The SMILES string of the molecule is CS(=O)(=O)N1CCC(n2ncc(N)c2Cl)CC1. The summed E-state index contributed by atoms with van der Waals surface area (Å²) in [6.45, 7) is 0.999. The zero-order valence-corrected chi connectivity index (χ0v) is 11.1. The van der Waals surface area contributed by atoms with Gasteiger partial charge in [0.05, 0.1) is 24.2 Å². The minimum atomic E-state index is -3.09. The summed E-state index contributed by atoms with van der Waals surface area (Å²) in [6, 6.07) is 0.123. The number of hydrogen-bond donors (Lipinski definition) is 1. The fourth-order valence-electron chi connectivity index (χ4n) is 2.03. The molecule has 1 saturated heterocycles. The average molecular weight is 279 g/mol. The summed E-state index contributed by atoms with van der Waals surface area (Å²) < 4.78 is 25.9. The third-order valence-corrected chi connectivity index (χ3v) is 4.69. The summed E-state index contributed by atoms with van der Waals surface area (Å²) in [5.74, 6) is 0. The van der Waals surface area contributed by atoms with E-state index in [1.165, 1.54) is 16.8 Å². The van der Waals surface area contributed by atoms with Crippen LogP contribution in [0.4, 0.5) is 5.69 Å². The minimum Gasteiger partial charge on any atom is -0.395 e. The number of sulfonamides is 1. The Morgan fingerprint density at radius 1 is 1.47 bits per heavy atom. The Labute approximate surface area is 105 Å². The summed E-state index contributed by atoms with van der Waals surface area (Å²) in [5.41, 5.74) is 6.08. The molecule has 2 heterocycles. The first-order valence-electron chi connectivity index (χ1n) is 5.33. The van der Waals surface area contributed by atoms with Crippen molar-refractivity contribution < 1.29 is 8.42 Å². The van der Waals surface area contributed by atoms with Crippen LogP contribution in [-0.2, 0) is 10.0 Å². The topological polar surface area (TPSA) is 81.2 Å². The first-order valence-corrected chi connectivity index (χ1v) is 7.56. The molecular weight excluding hydrogens is 264 g/mol. The van der Waals surface area contributed by atoms with Gasteiger partial charge in [0.2, 0.25) is 10.0 Å². The molecule has 2 N–H and O–H groups in total. The molecule has 0 aliphatic carbocycles. The molecule has 0 atom stereocenters. The van der Waals surface area contributed by atoms with Gasteiger partial charge in [-0.05, 0) is 12.8 Å². The predicted octanol–water partition coefficient (Wildman–Crippen LogP) is 0.715. The third-order valence-electron chi connectivity index (χ3n) is 3.00. The zero-order chi connectivity index (χ0) is 12.6. The highest BCUT2D eigenvalue weighted by Crippen LogP contribution is 2.28. The number of nitrogen functional groups attached to an aromatic ring is 1. The number of piperidine rings is 1. The molecule has 1 aliphatic heterocycles. The molecule has 17 heavy (non-hydrogen) atoms. The van der Waals surface area contributed by atoms with Gasteiger partial charge in [-0.1, -0.05) is 11.6 Å². The van der Waals surface area contributed by atoms with E-state index in [1.54, 1.807) is 4.68 Å². The molecule has 6 nitrogen and oxygen atoms in total. The minimum absolute atomic E-state index is 0.123. The van der Waals surface area contributed by atoms with Gasteiger partial charge >= 0.3 is 0 Å². The Hall–Kier alpha value is -0.790. The fourth-order valence-corrected chi connectivity index (χ4v) is 3.14. The molecule has 1 aromatic heterocycles. The molecule has 96 valence electrons. The van der Waals surface area contributed by atoms with Crippen molar-refractivity contribution in [1.29, 1.82) is 0 Å². The lowest BCUT2D eigenvalue weighted by Crippen LogP contribution is -2.38. The van der Waals surface area contributed by atoms with Gasteiger partial charge in [-0.15, -0.1) is 0 Å². The summed E-state index contributed by atoms with van der Waals surface area (Å²) >= 11 is 6.01. The number of anilines is 1. The molecule has 0 radical (unpaired) electrons. The van der Waals surface area contributed by atoms with Gasteiger partial charge < -0.3 is 5.73 Å². The van der Waals surface area contributed by atoms with Gasteiger partial charge in [0.25, 0.3) is 0 Å². The van der Waals surface area contributed by atoms with Crippen molar-refractivity contribution in [2.75, 3.05) is 25.1 Å². The van der Waals surface area contributed by atoms with Crippen molar-refractivity contribution in [3.05, 3.63) is 11.3 Å². The largest absolute Gasteiger partial charge is 0.395 e. The lowest BCUT2D eigenvalue weighted by atomic mass is 10.1. The summed E-state index contributed by atoms with van der Waals surface area (Å²) in [7, 11) is -3.09. The van der Waals surface area contributed by atoms with E-state index in [9.17, 15) is 8.42 Å². The van der Waals surface area contributed by atoms with E-state index < -0.39 is 10.0 Å². The van der Waals surface area contributed by atoms with E-state index in [2.05, 4.69) is 5.10 Å². The van der Waals surface area contributed by atoms with Crippen molar-refractivity contribution in [2.24, 2.45) is 0 Å². The van der Waals surface area contributed by atoms with Crippen LogP contribution in [0.15, 0.2) is 6.20 Å². The normalized spacial score (nSPS) is 19.6. The van der Waals surface area contributed by atoms with Gasteiger partial charge in [-0.2, -0.15) is 5.10 Å². The van der Waals surface area contributed by atoms with Crippen LogP contribution >= 0.6 is 11.6 Å². The molecular formula is C9H15ClN4O2S. The van der Waals surface area contributed by atoms with E-state index >= 15 is 0 Å². The second kappa shape index (κ2) is 4.47. The molecule has 1 aromatic rings. The zero-order valence-electron chi connectivity index (χ0n) is 9.50. The molecule has 0 amide bonds. The third kappa shape index (κ3) is 2.56. The maximum Gasteiger partial charge on any atom is 0.211 e. The van der Waals surface area contributed by atoms with Crippen LogP contribution in [0, 0.1) is 0 Å². The van der Waals surface area contributed by atoms with Crippen molar-refractivity contribution in [1.82, 2.24) is 14.1 Å². The molecule has 1 aliphatic rings. The van der Waals surface area contributed by atoms with E-state index in [-0.39, 0.29) is 6.04 Å². The van der Waals surface area contributed by atoms with E-state index in [0.29, 0.717) is 36.8 Å². The maximum absolute atomic E-state index is 11.4. The Balaban J connectivity index is 2.07. The Morgan fingerprint density at radius 2 is 2.06 bits per heavy atom. The molecule has 1 fully saturated rings. The molecule has 2 rings (SSSR count). The van der Waals surface area contributed by atoms with Crippen molar-refractivity contribution in [2.45, 2.75) is 18.9 Å². The van der Waals surface area contributed by atoms with E-state index in [0.717, 1.165) is 0 Å². The quantitative estimate of drug-likeness (QED) is 0.864. The van der Waals surface area contributed by atoms with Crippen LogP contribution in [0.3, 0.4) is 0 Å². The Morgan fingerprint density at radius 3 is 2.47 bits per heavy atom. The summed E-state index contributed by atoms with van der Waals surface area (Å²) in [5, 5.41) is 4.55. The number of hydrogen-bond acceptors (Lipinski definition) is 4. The lowest BCUT2D eigenvalue weighted by Gasteiger charge is -2.30. The van der Waals surface area contributed by atoms with Gasteiger partial charge in [0, 0.05) is 13.1 Å². The highest BCUT2D eigenvalue weighted by Gasteiger charge is 2.27. The van der Waals surface area contributed by atoms with Crippen molar-refractivity contribution in [3.8, 4) is 0 Å². The van der Waals surface area contributed by atoms with E-state index in [4.69, 9.17) is 17.3 Å². The number of nitrogens with zero attached hydrogens (tertiary/aromatic N) is 3. The molecule has 0 bridgehead atoms. The number of nitrogens with two attached hydrogens (primary N) is 1. The maximum atomic E-state index is 11.4. The van der Waals surface area contributed by atoms with Gasteiger partial charge in [0.1, 0.15) is 5.15 Å². The molecule has 8 heteroatoms. The van der Waals surface area contributed by atoms with Crippen LogP contribution in [0.5, 0.6) is 0 Å². The molecule has 0 unspecified atom stereocenters. The second-order valence-corrected chi connectivity index (χ2v) is 6.57. The second-order valence-electron chi connectivity index (χ2n) is 4.23. The van der Waals surface area contributed by atoms with Gasteiger partial charge in [0.15, 0.2) is 0 Å². The number of rotatable bonds is 2.